The first kappa shape index (κ1) is 23.1. The van der Waals surface area contributed by atoms with E-state index in [-0.39, 0.29) is 18.4 Å². The van der Waals surface area contributed by atoms with Crippen molar-refractivity contribution in [2.24, 2.45) is 0 Å². The average molecular weight is 453 g/mol. The highest BCUT2D eigenvalue weighted by molar-refractivity contribution is 6.11. The fourth-order valence-corrected chi connectivity index (χ4v) is 4.02. The van der Waals surface area contributed by atoms with Crippen molar-refractivity contribution in [1.82, 2.24) is 0 Å². The molecule has 0 radical (unpaired) electrons. The lowest BCUT2D eigenvalue weighted by Gasteiger charge is -2.23. The molecule has 4 rings (SSSR count). The smallest absolute Gasteiger partial charge is 0.262 e. The molecule has 4 aromatic carbocycles. The number of benzene rings is 4. The lowest BCUT2D eigenvalue weighted by Crippen LogP contribution is -2.30. The minimum Gasteiger partial charge on any atom is -0.483 e. The van der Waals surface area contributed by atoms with Crippen molar-refractivity contribution in [1.29, 1.82) is 0 Å². The Morgan fingerprint density at radius 2 is 1.62 bits per heavy atom. The molecule has 0 aromatic heterocycles. The molecule has 0 saturated heterocycles. The standard InChI is InChI=1S/C29H28N2O3/c1-4-31(26-11-7-9-22-8-5-6-10-25(22)26)29(33)23-13-15-24(16-14-23)30-28(32)19-34-27-17-12-20(2)18-21(27)3/h5-18H,4,19H2,1-3H3,(H,30,32). The lowest BCUT2D eigenvalue weighted by atomic mass is 10.1. The third-order valence-corrected chi connectivity index (χ3v) is 5.72. The van der Waals surface area contributed by atoms with E-state index in [1.807, 2.05) is 81.4 Å². The van der Waals surface area contributed by atoms with Crippen LogP contribution in [0.3, 0.4) is 0 Å². The second kappa shape index (κ2) is 10.2. The number of nitrogens with one attached hydrogen (secondary N) is 1. The third-order valence-electron chi connectivity index (χ3n) is 5.72. The summed E-state index contributed by atoms with van der Waals surface area (Å²) in [5.41, 5.74) is 4.18. The average Bonchev–Trinajstić information content (AvgIpc) is 2.84. The Bertz CT molecular complexity index is 1320. The van der Waals surface area contributed by atoms with Gasteiger partial charge in [-0.05, 0) is 68.1 Å². The van der Waals surface area contributed by atoms with Crippen LogP contribution < -0.4 is 15.0 Å². The normalized spacial score (nSPS) is 10.7. The van der Waals surface area contributed by atoms with E-state index in [1.165, 1.54) is 0 Å². The maximum Gasteiger partial charge on any atom is 0.262 e. The number of carbonyl (C=O) groups excluding carboxylic acids is 2. The van der Waals surface area contributed by atoms with Crippen molar-refractivity contribution >= 4 is 34.0 Å². The molecular formula is C29H28N2O3. The van der Waals surface area contributed by atoms with E-state index in [1.54, 1.807) is 29.2 Å². The number of hydrogen-bond acceptors (Lipinski definition) is 3. The zero-order valence-electron chi connectivity index (χ0n) is 19.7. The first-order valence-electron chi connectivity index (χ1n) is 11.4. The number of ether oxygens (including phenoxy) is 1. The summed E-state index contributed by atoms with van der Waals surface area (Å²) in [7, 11) is 0. The minimum atomic E-state index is -0.259. The number of fused-ring (bicyclic) bond motifs is 1. The molecule has 0 heterocycles. The van der Waals surface area contributed by atoms with Crippen LogP contribution in [0.5, 0.6) is 5.75 Å². The molecule has 0 bridgehead atoms. The molecule has 0 fully saturated rings. The monoisotopic (exact) mass is 452 g/mol. The quantitative estimate of drug-likeness (QED) is 0.366. The van der Waals surface area contributed by atoms with Crippen LogP contribution >= 0.6 is 0 Å². The van der Waals surface area contributed by atoms with E-state index < -0.39 is 0 Å². The van der Waals surface area contributed by atoms with Crippen molar-refractivity contribution in [2.45, 2.75) is 20.8 Å². The summed E-state index contributed by atoms with van der Waals surface area (Å²) < 4.78 is 5.65. The highest BCUT2D eigenvalue weighted by atomic mass is 16.5. The molecule has 0 unspecified atom stereocenters. The minimum absolute atomic E-state index is 0.0880. The van der Waals surface area contributed by atoms with Crippen molar-refractivity contribution in [3.63, 3.8) is 0 Å². The first-order valence-corrected chi connectivity index (χ1v) is 11.4. The summed E-state index contributed by atoms with van der Waals surface area (Å²) in [6, 6.07) is 26.8. The van der Waals surface area contributed by atoms with E-state index in [0.29, 0.717) is 23.5 Å². The number of hydrogen-bond donors (Lipinski definition) is 1. The number of rotatable bonds is 7. The Kier molecular flexibility index (Phi) is 6.93. The molecular weight excluding hydrogens is 424 g/mol. The van der Waals surface area contributed by atoms with Crippen LogP contribution in [0.4, 0.5) is 11.4 Å². The van der Waals surface area contributed by atoms with Gasteiger partial charge < -0.3 is 15.0 Å². The van der Waals surface area contributed by atoms with Crippen LogP contribution in [0.2, 0.25) is 0 Å². The molecule has 172 valence electrons. The summed E-state index contributed by atoms with van der Waals surface area (Å²) in [6.07, 6.45) is 0. The summed E-state index contributed by atoms with van der Waals surface area (Å²) in [5.74, 6) is 0.342. The van der Waals surface area contributed by atoms with E-state index in [0.717, 1.165) is 27.6 Å². The highest BCUT2D eigenvalue weighted by Gasteiger charge is 2.18. The summed E-state index contributed by atoms with van der Waals surface area (Å²) in [5, 5.41) is 4.94. The largest absolute Gasteiger partial charge is 0.483 e. The van der Waals surface area contributed by atoms with Gasteiger partial charge in [-0.15, -0.1) is 0 Å². The number of nitrogens with zero attached hydrogens (tertiary/aromatic N) is 1. The van der Waals surface area contributed by atoms with Crippen LogP contribution in [0, 0.1) is 13.8 Å². The molecule has 34 heavy (non-hydrogen) atoms. The molecule has 1 N–H and O–H groups in total. The molecule has 5 heteroatoms. The molecule has 0 aliphatic rings. The SMILES string of the molecule is CCN(C(=O)c1ccc(NC(=O)COc2ccc(C)cc2C)cc1)c1cccc2ccccc12. The van der Waals surface area contributed by atoms with Crippen LogP contribution in [0.15, 0.2) is 84.9 Å². The Hall–Kier alpha value is -4.12. The van der Waals surface area contributed by atoms with Gasteiger partial charge >= 0.3 is 0 Å². The molecule has 0 spiro atoms. The molecule has 0 atom stereocenters. The predicted octanol–water partition coefficient (Wildman–Crippen LogP) is 6.14. The lowest BCUT2D eigenvalue weighted by molar-refractivity contribution is -0.118. The summed E-state index contributed by atoms with van der Waals surface area (Å²) in [6.45, 7) is 6.38. The van der Waals surface area contributed by atoms with E-state index in [2.05, 4.69) is 5.32 Å². The van der Waals surface area contributed by atoms with Crippen LogP contribution in [-0.2, 0) is 4.79 Å². The summed E-state index contributed by atoms with van der Waals surface area (Å²) in [4.78, 5) is 27.4. The second-order valence-corrected chi connectivity index (χ2v) is 8.23. The molecule has 5 nitrogen and oxygen atoms in total. The van der Waals surface area contributed by atoms with Gasteiger partial charge in [0, 0.05) is 23.2 Å². The number of aryl methyl sites for hydroxylation is 2. The Labute approximate surface area is 200 Å². The number of anilines is 2. The fourth-order valence-electron chi connectivity index (χ4n) is 4.02. The number of amides is 2. The molecule has 4 aromatic rings. The zero-order valence-corrected chi connectivity index (χ0v) is 19.7. The molecule has 0 aliphatic carbocycles. The van der Waals surface area contributed by atoms with Gasteiger partial charge in [-0.1, -0.05) is 54.1 Å². The maximum atomic E-state index is 13.3. The van der Waals surface area contributed by atoms with Crippen molar-refractivity contribution in [2.75, 3.05) is 23.4 Å². The van der Waals surface area contributed by atoms with Gasteiger partial charge in [-0.25, -0.2) is 0 Å². The first-order chi connectivity index (χ1) is 16.5. The van der Waals surface area contributed by atoms with Gasteiger partial charge in [0.25, 0.3) is 11.8 Å². The Balaban J connectivity index is 1.43. The van der Waals surface area contributed by atoms with Gasteiger partial charge in [-0.3, -0.25) is 9.59 Å². The van der Waals surface area contributed by atoms with Crippen LogP contribution in [0.25, 0.3) is 10.8 Å². The highest BCUT2D eigenvalue weighted by Crippen LogP contribution is 2.28. The molecule has 0 saturated carbocycles. The van der Waals surface area contributed by atoms with Gasteiger partial charge in [0.05, 0.1) is 5.69 Å². The maximum absolute atomic E-state index is 13.3. The second-order valence-electron chi connectivity index (χ2n) is 8.23. The van der Waals surface area contributed by atoms with Crippen molar-refractivity contribution in [3.8, 4) is 5.75 Å². The molecule has 0 aliphatic heterocycles. The van der Waals surface area contributed by atoms with Crippen LogP contribution in [0.1, 0.15) is 28.4 Å². The fraction of sp³-hybridized carbons (Fsp3) is 0.172. The molecule has 2 amide bonds. The van der Waals surface area contributed by atoms with E-state index >= 15 is 0 Å². The van der Waals surface area contributed by atoms with Gasteiger partial charge in [0.15, 0.2) is 6.61 Å². The number of carbonyl (C=O) groups is 2. The summed E-state index contributed by atoms with van der Waals surface area (Å²) >= 11 is 0. The Morgan fingerprint density at radius 1 is 0.882 bits per heavy atom. The van der Waals surface area contributed by atoms with Gasteiger partial charge in [0.1, 0.15) is 5.75 Å². The van der Waals surface area contributed by atoms with E-state index in [4.69, 9.17) is 4.74 Å². The van der Waals surface area contributed by atoms with E-state index in [9.17, 15) is 9.59 Å². The third kappa shape index (κ3) is 5.09. The Morgan fingerprint density at radius 3 is 2.35 bits per heavy atom. The van der Waals surface area contributed by atoms with Gasteiger partial charge in [0.2, 0.25) is 0 Å². The topological polar surface area (TPSA) is 58.6 Å². The zero-order chi connectivity index (χ0) is 24.1. The predicted molar refractivity (Wildman–Crippen MR) is 138 cm³/mol. The van der Waals surface area contributed by atoms with Crippen molar-refractivity contribution < 1.29 is 14.3 Å². The van der Waals surface area contributed by atoms with Gasteiger partial charge in [-0.2, -0.15) is 0 Å². The van der Waals surface area contributed by atoms with Crippen LogP contribution in [-0.4, -0.2) is 25.0 Å². The van der Waals surface area contributed by atoms with Crippen molar-refractivity contribution in [3.05, 3.63) is 102 Å².